The molecule has 1 unspecified atom stereocenters. The summed E-state index contributed by atoms with van der Waals surface area (Å²) in [5.41, 5.74) is -0.773. The molecule has 0 bridgehead atoms. The van der Waals surface area contributed by atoms with Gasteiger partial charge in [-0.25, -0.2) is 9.78 Å². The van der Waals surface area contributed by atoms with E-state index in [0.29, 0.717) is 25.9 Å². The molecule has 0 radical (unpaired) electrons. The lowest BCUT2D eigenvalue weighted by atomic mass is 9.99. The highest BCUT2D eigenvalue weighted by Gasteiger charge is 2.45. The summed E-state index contributed by atoms with van der Waals surface area (Å²) in [6.45, 7) is 10.2. The van der Waals surface area contributed by atoms with Crippen molar-refractivity contribution in [3.05, 3.63) is 16.1 Å². The van der Waals surface area contributed by atoms with Crippen LogP contribution in [0.5, 0.6) is 0 Å². The van der Waals surface area contributed by atoms with Crippen LogP contribution < -0.4 is 16.0 Å². The van der Waals surface area contributed by atoms with E-state index in [1.54, 1.807) is 18.3 Å². The minimum Gasteiger partial charge on any atom is -0.357 e. The quantitative estimate of drug-likeness (QED) is 0.152. The van der Waals surface area contributed by atoms with Crippen molar-refractivity contribution < 1.29 is 9.59 Å². The largest absolute Gasteiger partial charge is 0.357 e. The lowest BCUT2D eigenvalue weighted by Crippen LogP contribution is -2.43. The lowest BCUT2D eigenvalue weighted by molar-refractivity contribution is -0.130. The third-order valence-electron chi connectivity index (χ3n) is 4.51. The van der Waals surface area contributed by atoms with Crippen LogP contribution >= 0.6 is 35.3 Å². The Morgan fingerprint density at radius 1 is 1.36 bits per heavy atom. The van der Waals surface area contributed by atoms with Gasteiger partial charge >= 0.3 is 6.03 Å². The van der Waals surface area contributed by atoms with Crippen molar-refractivity contribution in [2.24, 2.45) is 4.99 Å². The van der Waals surface area contributed by atoms with Crippen LogP contribution in [0.2, 0.25) is 0 Å². The predicted octanol–water partition coefficient (Wildman–Crippen LogP) is 2.28. The molecule has 1 atom stereocenters. The minimum absolute atomic E-state index is 0. The number of rotatable bonds is 9. The highest BCUT2D eigenvalue weighted by Crippen LogP contribution is 2.20. The van der Waals surface area contributed by atoms with Crippen molar-refractivity contribution in [2.45, 2.75) is 52.5 Å². The number of aryl methyl sites for hydroxylation is 1. The number of carbonyl (C=O) groups is 2. The summed E-state index contributed by atoms with van der Waals surface area (Å²) >= 11 is 1.70. The molecule has 3 N–H and O–H groups in total. The van der Waals surface area contributed by atoms with E-state index >= 15 is 0 Å². The molecule has 0 aromatic carbocycles. The van der Waals surface area contributed by atoms with E-state index in [1.807, 2.05) is 20.0 Å². The Hall–Kier alpha value is -1.43. The number of hydrogen-bond donors (Lipinski definition) is 3. The van der Waals surface area contributed by atoms with E-state index in [2.05, 4.69) is 32.9 Å². The summed E-state index contributed by atoms with van der Waals surface area (Å²) in [4.78, 5) is 35.7. The van der Waals surface area contributed by atoms with Crippen molar-refractivity contribution in [3.63, 3.8) is 0 Å². The fourth-order valence-electron chi connectivity index (χ4n) is 2.76. The van der Waals surface area contributed by atoms with Crippen molar-refractivity contribution in [3.8, 4) is 0 Å². The number of aliphatic imine (C=N–C) groups is 1. The summed E-state index contributed by atoms with van der Waals surface area (Å²) in [5.74, 6) is 0.587. The number of guanidine groups is 1. The van der Waals surface area contributed by atoms with E-state index in [0.717, 1.165) is 30.5 Å². The topological polar surface area (TPSA) is 98.7 Å². The first-order valence-electron chi connectivity index (χ1n) is 9.47. The van der Waals surface area contributed by atoms with E-state index in [-0.39, 0.29) is 35.9 Å². The molecule has 10 heteroatoms. The number of imide groups is 1. The standard InChI is InChI=1S/C18H30N6O2S.HI/c1-5-18(4)15(25)24(17(26)23-18)11-7-9-20-16(19-6-2)21-10-8-14-22-12-13(3)27-14;/h12H,5-11H2,1-4H3,(H,23,26)(H2,19,20,21);1H. The molecular weight excluding hydrogens is 491 g/mol. The maximum atomic E-state index is 12.4. The molecule has 2 rings (SSSR count). The van der Waals surface area contributed by atoms with Crippen molar-refractivity contribution in [2.75, 3.05) is 26.2 Å². The first kappa shape index (κ1) is 24.6. The van der Waals surface area contributed by atoms with Gasteiger partial charge in [-0.1, -0.05) is 6.92 Å². The normalized spacial score (nSPS) is 19.4. The number of aromatic nitrogens is 1. The molecule has 1 aliphatic rings. The van der Waals surface area contributed by atoms with Crippen LogP contribution in [0.1, 0.15) is 43.5 Å². The van der Waals surface area contributed by atoms with Crippen molar-refractivity contribution in [1.82, 2.24) is 25.8 Å². The molecule has 3 amide bonds. The third kappa shape index (κ3) is 6.57. The van der Waals surface area contributed by atoms with Gasteiger partial charge in [-0.15, -0.1) is 35.3 Å². The predicted molar refractivity (Wildman–Crippen MR) is 124 cm³/mol. The minimum atomic E-state index is -0.773. The van der Waals surface area contributed by atoms with Gasteiger partial charge in [-0.3, -0.25) is 14.7 Å². The maximum absolute atomic E-state index is 12.4. The second-order valence-corrected chi connectivity index (χ2v) is 8.05. The van der Waals surface area contributed by atoms with Gasteiger partial charge in [0.15, 0.2) is 5.96 Å². The second kappa shape index (κ2) is 11.5. The van der Waals surface area contributed by atoms with Crippen LogP contribution in [0, 0.1) is 6.92 Å². The third-order valence-corrected chi connectivity index (χ3v) is 5.48. The van der Waals surface area contributed by atoms with E-state index in [1.165, 1.54) is 9.78 Å². The Morgan fingerprint density at radius 2 is 2.11 bits per heavy atom. The fraction of sp³-hybridized carbons (Fsp3) is 0.667. The highest BCUT2D eigenvalue weighted by molar-refractivity contribution is 14.0. The first-order valence-corrected chi connectivity index (χ1v) is 10.3. The molecule has 1 aromatic rings. The average molecular weight is 522 g/mol. The van der Waals surface area contributed by atoms with Gasteiger partial charge < -0.3 is 16.0 Å². The summed E-state index contributed by atoms with van der Waals surface area (Å²) in [6, 6.07) is -0.308. The summed E-state index contributed by atoms with van der Waals surface area (Å²) in [6.07, 6.45) is 3.94. The molecule has 0 saturated carbocycles. The molecule has 1 fully saturated rings. The Kier molecular flexibility index (Phi) is 10.1. The number of carbonyl (C=O) groups excluding carboxylic acids is 2. The van der Waals surface area contributed by atoms with Crippen molar-refractivity contribution in [1.29, 1.82) is 0 Å². The summed E-state index contributed by atoms with van der Waals surface area (Å²) in [7, 11) is 0. The lowest BCUT2D eigenvalue weighted by Gasteiger charge is -2.19. The van der Waals surface area contributed by atoms with Gasteiger partial charge in [0.1, 0.15) is 5.54 Å². The van der Waals surface area contributed by atoms with E-state index in [9.17, 15) is 9.59 Å². The van der Waals surface area contributed by atoms with E-state index in [4.69, 9.17) is 0 Å². The number of urea groups is 1. The van der Waals surface area contributed by atoms with Crippen LogP contribution in [0.3, 0.4) is 0 Å². The molecule has 28 heavy (non-hydrogen) atoms. The average Bonchev–Trinajstić information content (AvgIpc) is 3.14. The second-order valence-electron chi connectivity index (χ2n) is 6.73. The van der Waals surface area contributed by atoms with Crippen LogP contribution in [-0.2, 0) is 11.2 Å². The fourth-order valence-corrected chi connectivity index (χ4v) is 3.54. The van der Waals surface area contributed by atoms with Crippen molar-refractivity contribution >= 4 is 53.2 Å². The van der Waals surface area contributed by atoms with Gasteiger partial charge in [0.2, 0.25) is 0 Å². The number of hydrogen-bond acceptors (Lipinski definition) is 5. The molecule has 1 saturated heterocycles. The Balaban J connectivity index is 0.00000392. The van der Waals surface area contributed by atoms with E-state index < -0.39 is 5.54 Å². The zero-order valence-electron chi connectivity index (χ0n) is 17.0. The molecule has 1 aromatic heterocycles. The number of amides is 3. The van der Waals surface area contributed by atoms with Crippen LogP contribution in [-0.4, -0.2) is 59.5 Å². The van der Waals surface area contributed by atoms with Gasteiger partial charge in [-0.05, 0) is 33.6 Å². The smallest absolute Gasteiger partial charge is 0.325 e. The summed E-state index contributed by atoms with van der Waals surface area (Å²) in [5, 5.41) is 10.4. The number of thiazole rings is 1. The zero-order valence-corrected chi connectivity index (χ0v) is 20.1. The van der Waals surface area contributed by atoms with Gasteiger partial charge in [-0.2, -0.15) is 0 Å². The van der Waals surface area contributed by atoms with Crippen LogP contribution in [0.4, 0.5) is 4.79 Å². The highest BCUT2D eigenvalue weighted by atomic mass is 127. The molecule has 0 spiro atoms. The molecule has 1 aliphatic heterocycles. The first-order chi connectivity index (χ1) is 12.9. The molecule has 8 nitrogen and oxygen atoms in total. The Bertz CT molecular complexity index is 695. The molecule has 158 valence electrons. The molecule has 0 aliphatic carbocycles. The maximum Gasteiger partial charge on any atom is 0.325 e. The monoisotopic (exact) mass is 522 g/mol. The molecule has 2 heterocycles. The van der Waals surface area contributed by atoms with Gasteiger partial charge in [0.05, 0.1) is 5.01 Å². The van der Waals surface area contributed by atoms with Crippen LogP contribution in [0.15, 0.2) is 11.2 Å². The Labute approximate surface area is 188 Å². The Morgan fingerprint density at radius 3 is 2.68 bits per heavy atom. The number of nitrogens with zero attached hydrogens (tertiary/aromatic N) is 3. The SMILES string of the molecule is CCNC(=NCCCN1C(=O)NC(C)(CC)C1=O)NCCc1ncc(C)s1.I. The van der Waals surface area contributed by atoms with Gasteiger partial charge in [0.25, 0.3) is 5.91 Å². The summed E-state index contributed by atoms with van der Waals surface area (Å²) < 4.78 is 0. The zero-order chi connectivity index (χ0) is 19.9. The molecular formula is C18H31IN6O2S. The number of halogens is 1. The number of nitrogens with one attached hydrogen (secondary N) is 3. The van der Waals surface area contributed by atoms with Gasteiger partial charge in [0, 0.05) is 43.7 Å². The van der Waals surface area contributed by atoms with Crippen LogP contribution in [0.25, 0.3) is 0 Å².